The van der Waals surface area contributed by atoms with Crippen LogP contribution in [0.4, 0.5) is 39.2 Å². The average molecular weight is 1170 g/mol. The third-order valence-corrected chi connectivity index (χ3v) is 14.4. The van der Waals surface area contributed by atoms with E-state index < -0.39 is 11.7 Å². The lowest BCUT2D eigenvalue weighted by Crippen LogP contribution is -2.43. The van der Waals surface area contributed by atoms with E-state index >= 15 is 0 Å². The molecular formula is C64H65ClFN17O3. The molecule has 86 heavy (non-hydrogen) atoms. The van der Waals surface area contributed by atoms with Crippen molar-refractivity contribution < 1.29 is 18.8 Å². The fourth-order valence-electron chi connectivity index (χ4n) is 9.35. The number of nitrogens with zero attached hydrogens (tertiary/aromatic N) is 10. The van der Waals surface area contributed by atoms with E-state index in [0.717, 1.165) is 104 Å². The Morgan fingerprint density at radius 2 is 1.15 bits per heavy atom. The maximum Gasteiger partial charge on any atom is 0.260 e. The highest BCUT2D eigenvalue weighted by atomic mass is 35.5. The van der Waals surface area contributed by atoms with Crippen LogP contribution in [0.25, 0.3) is 33.4 Å². The van der Waals surface area contributed by atoms with Gasteiger partial charge in [0.2, 0.25) is 5.95 Å². The van der Waals surface area contributed by atoms with Crippen LogP contribution >= 0.6 is 11.6 Å². The summed E-state index contributed by atoms with van der Waals surface area (Å²) in [4.78, 5) is 76.3. The van der Waals surface area contributed by atoms with Crippen molar-refractivity contribution in [2.75, 3.05) is 77.3 Å². The standard InChI is InChI=1S/C22H23N5O.C21H20ClFN6O.C21H22N6O/c1-2-10-23-22-25-13-19(14-26-22)21(28)27-20-9-8-18(12-24-20)17-5-3-4-16(11-17)15-6-7-15;1-13-25-11-16(12-26-13)21(30)28-20-19(23)8-15(10-27-20)14-6-17(22)9-18(7-14)29-4-2-24-3-5-29;1-14-23-11-17(12-24-14)21(28)27-20-6-5-16(10-25-20)15-3-2-4-18(9-15)26-19-7-8-22-13-19/h3-5,8-9,11-15H,2,6-7,10H2,1H3,(H,23,25,26)(H,24,27,28);6-12,24H,2-5H2,1H3,(H,27,28,30);2-6,9-12,19,22,26H,7-8,13H2,1H3,(H,25,27,28). The first-order valence-corrected chi connectivity index (χ1v) is 28.9. The third-order valence-electron chi connectivity index (χ3n) is 14.2. The molecule has 1 unspecified atom stereocenters. The molecule has 3 aromatic carbocycles. The number of halogens is 2. The summed E-state index contributed by atoms with van der Waals surface area (Å²) < 4.78 is 14.7. The molecule has 438 valence electrons. The van der Waals surface area contributed by atoms with E-state index in [0.29, 0.717) is 57.0 Å². The molecule has 8 heterocycles. The molecule has 2 saturated heterocycles. The van der Waals surface area contributed by atoms with Gasteiger partial charge >= 0.3 is 0 Å². The molecule has 3 aliphatic rings. The van der Waals surface area contributed by atoms with Crippen LogP contribution in [0.2, 0.25) is 5.02 Å². The van der Waals surface area contributed by atoms with Crippen molar-refractivity contribution in [3.8, 4) is 33.4 Å². The molecule has 12 rings (SSSR count). The molecular weight excluding hydrogens is 1110 g/mol. The molecule has 20 nitrogen and oxygen atoms in total. The van der Waals surface area contributed by atoms with Crippen LogP contribution in [0.15, 0.2) is 153 Å². The maximum atomic E-state index is 14.7. The Hall–Kier alpha value is -9.70. The Morgan fingerprint density at radius 1 is 0.570 bits per heavy atom. The second-order valence-electron chi connectivity index (χ2n) is 20.8. The minimum Gasteiger partial charge on any atom is -0.381 e. The number of amides is 3. The summed E-state index contributed by atoms with van der Waals surface area (Å²) in [7, 11) is 0. The number of nitrogens with one attached hydrogen (secondary N) is 7. The molecule has 0 spiro atoms. The number of carbonyl (C=O) groups excluding carboxylic acids is 3. The molecule has 6 aromatic heterocycles. The largest absolute Gasteiger partial charge is 0.381 e. The summed E-state index contributed by atoms with van der Waals surface area (Å²) in [5.74, 6) is 1.51. The minimum absolute atomic E-state index is 0.159. The number of aryl methyl sites for hydroxylation is 2. The molecule has 1 atom stereocenters. The smallest absolute Gasteiger partial charge is 0.260 e. The number of aromatic nitrogens is 9. The predicted octanol–water partition coefficient (Wildman–Crippen LogP) is 10.7. The molecule has 1 saturated carbocycles. The van der Waals surface area contributed by atoms with E-state index in [4.69, 9.17) is 11.6 Å². The number of anilines is 6. The lowest BCUT2D eigenvalue weighted by molar-refractivity contribution is 0.101. The van der Waals surface area contributed by atoms with Gasteiger partial charge in [-0.25, -0.2) is 49.2 Å². The highest BCUT2D eigenvalue weighted by Gasteiger charge is 2.24. The van der Waals surface area contributed by atoms with E-state index in [1.54, 1.807) is 38.4 Å². The Bertz CT molecular complexity index is 3750. The van der Waals surface area contributed by atoms with Gasteiger partial charge in [0.05, 0.1) is 16.7 Å². The van der Waals surface area contributed by atoms with Crippen LogP contribution in [0.3, 0.4) is 0 Å². The molecule has 7 N–H and O–H groups in total. The summed E-state index contributed by atoms with van der Waals surface area (Å²) in [6, 6.07) is 31.9. The highest BCUT2D eigenvalue weighted by Crippen LogP contribution is 2.41. The molecule has 1 aliphatic carbocycles. The lowest BCUT2D eigenvalue weighted by atomic mass is 10.0. The zero-order chi connectivity index (χ0) is 59.8. The molecule has 9 aromatic rings. The minimum atomic E-state index is -0.641. The average Bonchev–Trinajstić information content (AvgIpc) is 4.40. The van der Waals surface area contributed by atoms with E-state index in [1.165, 1.54) is 67.8 Å². The summed E-state index contributed by atoms with van der Waals surface area (Å²) in [5.41, 5.74) is 10.1. The third kappa shape index (κ3) is 16.6. The number of hydrogen-bond donors (Lipinski definition) is 7. The van der Waals surface area contributed by atoms with Crippen LogP contribution < -0.4 is 42.1 Å². The zero-order valence-corrected chi connectivity index (χ0v) is 48.6. The second kappa shape index (κ2) is 28.7. The number of pyridine rings is 3. The summed E-state index contributed by atoms with van der Waals surface area (Å²) in [6.45, 7) is 12.0. The Labute approximate surface area is 502 Å². The van der Waals surface area contributed by atoms with Gasteiger partial charge in [-0.05, 0) is 135 Å². The van der Waals surface area contributed by atoms with Crippen LogP contribution in [-0.2, 0) is 0 Å². The second-order valence-corrected chi connectivity index (χ2v) is 21.2. The predicted molar refractivity (Wildman–Crippen MR) is 334 cm³/mol. The van der Waals surface area contributed by atoms with Crippen molar-refractivity contribution in [1.29, 1.82) is 0 Å². The lowest BCUT2D eigenvalue weighted by Gasteiger charge is -2.30. The van der Waals surface area contributed by atoms with Crippen LogP contribution in [0.5, 0.6) is 0 Å². The number of carbonyl (C=O) groups is 3. The first-order chi connectivity index (χ1) is 41.9. The van der Waals surface area contributed by atoms with Gasteiger partial charge in [-0.2, -0.15) is 0 Å². The van der Waals surface area contributed by atoms with E-state index in [1.807, 2.05) is 36.4 Å². The quantitative estimate of drug-likeness (QED) is 0.0475. The van der Waals surface area contributed by atoms with Crippen molar-refractivity contribution in [2.45, 2.75) is 58.4 Å². The molecule has 2 aliphatic heterocycles. The number of rotatable bonds is 16. The van der Waals surface area contributed by atoms with Crippen molar-refractivity contribution in [1.82, 2.24) is 55.5 Å². The van der Waals surface area contributed by atoms with Gasteiger partial charge in [0, 0.05) is 134 Å². The van der Waals surface area contributed by atoms with Crippen molar-refractivity contribution in [3.63, 3.8) is 0 Å². The number of piperazine rings is 1. The van der Waals surface area contributed by atoms with Gasteiger partial charge < -0.3 is 42.1 Å². The fourth-order valence-corrected chi connectivity index (χ4v) is 9.58. The molecule has 3 fully saturated rings. The van der Waals surface area contributed by atoms with Gasteiger partial charge in [0.1, 0.15) is 23.3 Å². The van der Waals surface area contributed by atoms with Gasteiger partial charge in [-0.1, -0.05) is 54.9 Å². The van der Waals surface area contributed by atoms with E-state index in [-0.39, 0.29) is 23.2 Å². The highest BCUT2D eigenvalue weighted by molar-refractivity contribution is 6.31. The van der Waals surface area contributed by atoms with Crippen LogP contribution in [-0.4, -0.2) is 114 Å². The first-order valence-electron chi connectivity index (χ1n) is 28.5. The molecule has 0 bridgehead atoms. The summed E-state index contributed by atoms with van der Waals surface area (Å²) >= 11 is 6.31. The molecule has 0 radical (unpaired) electrons. The monoisotopic (exact) mass is 1170 g/mol. The fraction of sp³-hybridized carbons (Fsp3) is 0.250. The zero-order valence-electron chi connectivity index (χ0n) is 47.8. The number of benzene rings is 3. The van der Waals surface area contributed by atoms with Gasteiger partial charge in [-0.3, -0.25) is 14.4 Å². The molecule has 22 heteroatoms. The van der Waals surface area contributed by atoms with Gasteiger partial charge in [0.15, 0.2) is 11.6 Å². The van der Waals surface area contributed by atoms with Crippen molar-refractivity contribution in [2.24, 2.45) is 0 Å². The van der Waals surface area contributed by atoms with Gasteiger partial charge in [0.25, 0.3) is 17.7 Å². The maximum absolute atomic E-state index is 14.7. The van der Waals surface area contributed by atoms with Crippen LogP contribution in [0, 0.1) is 19.7 Å². The number of hydrogen-bond acceptors (Lipinski definition) is 17. The summed E-state index contributed by atoms with van der Waals surface area (Å²) in [5, 5.41) is 21.9. The van der Waals surface area contributed by atoms with E-state index in [9.17, 15) is 18.8 Å². The van der Waals surface area contributed by atoms with Crippen molar-refractivity contribution >= 4 is 64.1 Å². The van der Waals surface area contributed by atoms with E-state index in [2.05, 4.69) is 136 Å². The topological polar surface area (TPSA) is 255 Å². The van der Waals surface area contributed by atoms with Crippen LogP contribution in [0.1, 0.15) is 86.8 Å². The SMILES string of the molecule is CCCNc1ncc(C(=O)Nc2ccc(-c3cccc(C4CC4)c3)cn2)cn1.Cc1ncc(C(=O)Nc2ccc(-c3cccc(NC4CCNC4)c3)cn2)cn1.Cc1ncc(C(=O)Nc2ncc(-c3cc(Cl)cc(N4CCNCC4)c3)cc2F)cn1. The Kier molecular flexibility index (Phi) is 19.9. The molecule has 3 amide bonds. The van der Waals surface area contributed by atoms with Gasteiger partial charge in [-0.15, -0.1) is 0 Å². The normalized spacial score (nSPS) is 14.3. The summed E-state index contributed by atoms with van der Waals surface area (Å²) in [6.07, 6.45) is 18.5. The Morgan fingerprint density at radius 3 is 1.71 bits per heavy atom. The first kappa shape index (κ1) is 59.5. The van der Waals surface area contributed by atoms with Crippen molar-refractivity contribution in [3.05, 3.63) is 198 Å². The Balaban J connectivity index is 0.000000143.